The molecule has 1 N–H and O–H groups in total. The van der Waals surface area contributed by atoms with Crippen molar-refractivity contribution in [3.05, 3.63) is 69.3 Å². The fourth-order valence-corrected chi connectivity index (χ4v) is 3.87. The third-order valence-corrected chi connectivity index (χ3v) is 5.22. The van der Waals surface area contributed by atoms with Crippen molar-refractivity contribution in [2.75, 3.05) is 7.11 Å². The predicted molar refractivity (Wildman–Crippen MR) is 95.1 cm³/mol. The van der Waals surface area contributed by atoms with Crippen molar-refractivity contribution in [3.8, 4) is 0 Å². The molecule has 0 bridgehead atoms. The smallest absolute Gasteiger partial charge is 0.262 e. The van der Waals surface area contributed by atoms with Crippen molar-refractivity contribution in [2.45, 2.75) is 13.2 Å². The Hall–Kier alpha value is -1.95. The van der Waals surface area contributed by atoms with Gasteiger partial charge in [-0.15, -0.1) is 11.3 Å². The molecule has 0 fully saturated rings. The SMILES string of the molecule is COCc1c(C(=O)NCc2ccccc2Cl)sc2cccc(F)c12. The minimum absolute atomic E-state index is 0.176. The number of carbonyl (C=O) groups excluding carboxylic acids is 1. The van der Waals surface area contributed by atoms with Crippen LogP contribution in [0.4, 0.5) is 4.39 Å². The number of halogens is 2. The van der Waals surface area contributed by atoms with Crippen LogP contribution in [0, 0.1) is 5.82 Å². The molecular weight excluding hydrogens is 349 g/mol. The monoisotopic (exact) mass is 363 g/mol. The second kappa shape index (κ2) is 7.30. The Morgan fingerprint density at radius 1 is 1.25 bits per heavy atom. The molecule has 3 nitrogen and oxygen atoms in total. The molecule has 0 unspecified atom stereocenters. The molecule has 1 heterocycles. The van der Waals surface area contributed by atoms with Crippen molar-refractivity contribution in [1.29, 1.82) is 0 Å². The summed E-state index contributed by atoms with van der Waals surface area (Å²) < 4.78 is 20.0. The molecule has 0 radical (unpaired) electrons. The first-order valence-corrected chi connectivity index (χ1v) is 8.51. The van der Waals surface area contributed by atoms with Gasteiger partial charge in [-0.3, -0.25) is 4.79 Å². The molecule has 0 atom stereocenters. The van der Waals surface area contributed by atoms with Gasteiger partial charge in [0, 0.05) is 34.3 Å². The predicted octanol–water partition coefficient (Wildman–Crippen LogP) is 4.77. The van der Waals surface area contributed by atoms with Gasteiger partial charge in [-0.1, -0.05) is 35.9 Å². The van der Waals surface area contributed by atoms with Gasteiger partial charge in [-0.05, 0) is 23.8 Å². The number of ether oxygens (including phenoxy) is 1. The largest absolute Gasteiger partial charge is 0.380 e. The van der Waals surface area contributed by atoms with E-state index in [0.717, 1.165) is 10.3 Å². The Balaban J connectivity index is 1.90. The number of methoxy groups -OCH3 is 1. The van der Waals surface area contributed by atoms with Crippen molar-refractivity contribution in [3.63, 3.8) is 0 Å². The van der Waals surface area contributed by atoms with Gasteiger partial charge in [0.1, 0.15) is 5.82 Å². The standard InChI is InChI=1S/C18H15ClFNO2S/c1-23-10-12-16-14(20)7-4-8-15(16)24-17(12)18(22)21-9-11-5-2-3-6-13(11)19/h2-8H,9-10H2,1H3,(H,21,22). The van der Waals surface area contributed by atoms with Crippen molar-refractivity contribution in [2.24, 2.45) is 0 Å². The van der Waals surface area contributed by atoms with Gasteiger partial charge in [0.15, 0.2) is 0 Å². The minimum Gasteiger partial charge on any atom is -0.380 e. The zero-order valence-corrected chi connectivity index (χ0v) is 14.5. The van der Waals surface area contributed by atoms with Crippen LogP contribution in [0.5, 0.6) is 0 Å². The molecule has 3 rings (SSSR count). The zero-order chi connectivity index (χ0) is 17.1. The van der Waals surface area contributed by atoms with Crippen LogP contribution in [0.3, 0.4) is 0 Å². The van der Waals surface area contributed by atoms with Crippen molar-refractivity contribution < 1.29 is 13.9 Å². The maximum Gasteiger partial charge on any atom is 0.262 e. The molecule has 0 aliphatic heterocycles. The number of hydrogen-bond donors (Lipinski definition) is 1. The van der Waals surface area contributed by atoms with E-state index in [9.17, 15) is 9.18 Å². The molecule has 0 spiro atoms. The summed E-state index contributed by atoms with van der Waals surface area (Å²) in [6.45, 7) is 0.484. The van der Waals surface area contributed by atoms with Crippen molar-refractivity contribution in [1.82, 2.24) is 5.32 Å². The molecule has 24 heavy (non-hydrogen) atoms. The summed E-state index contributed by atoms with van der Waals surface area (Å²) in [4.78, 5) is 13.0. The van der Waals surface area contributed by atoms with Crippen LogP contribution in [0.1, 0.15) is 20.8 Å². The fraction of sp³-hybridized carbons (Fsp3) is 0.167. The molecule has 6 heteroatoms. The summed E-state index contributed by atoms with van der Waals surface area (Å²) in [6, 6.07) is 12.1. The first kappa shape index (κ1) is 16.9. The highest BCUT2D eigenvalue weighted by Crippen LogP contribution is 2.33. The molecule has 1 amide bonds. The van der Waals surface area contributed by atoms with Crippen LogP contribution in [0.15, 0.2) is 42.5 Å². The Morgan fingerprint density at radius 2 is 2.04 bits per heavy atom. The summed E-state index contributed by atoms with van der Waals surface area (Å²) in [5.74, 6) is -0.608. The molecule has 0 aliphatic carbocycles. The van der Waals surface area contributed by atoms with E-state index in [1.807, 2.05) is 18.2 Å². The van der Waals surface area contributed by atoms with Gasteiger partial charge in [-0.2, -0.15) is 0 Å². The number of hydrogen-bond acceptors (Lipinski definition) is 3. The number of fused-ring (bicyclic) bond motifs is 1. The Bertz CT molecular complexity index is 894. The van der Waals surface area contributed by atoms with E-state index in [0.29, 0.717) is 27.4 Å². The van der Waals surface area contributed by atoms with E-state index in [1.54, 1.807) is 18.2 Å². The summed E-state index contributed by atoms with van der Waals surface area (Å²) in [5.41, 5.74) is 1.40. The fourth-order valence-electron chi connectivity index (χ4n) is 2.53. The third kappa shape index (κ3) is 3.29. The summed E-state index contributed by atoms with van der Waals surface area (Å²) >= 11 is 7.36. The lowest BCUT2D eigenvalue weighted by molar-refractivity contribution is 0.0951. The quantitative estimate of drug-likeness (QED) is 0.709. The molecule has 3 aromatic rings. The molecule has 0 saturated carbocycles. The van der Waals surface area contributed by atoms with Crippen LogP contribution in [-0.4, -0.2) is 13.0 Å². The maximum atomic E-state index is 14.2. The van der Waals surface area contributed by atoms with Gasteiger partial charge in [-0.25, -0.2) is 4.39 Å². The van der Waals surface area contributed by atoms with E-state index in [2.05, 4.69) is 5.32 Å². The van der Waals surface area contributed by atoms with Gasteiger partial charge in [0.25, 0.3) is 5.91 Å². The Morgan fingerprint density at radius 3 is 2.79 bits per heavy atom. The molecular formula is C18H15ClFNO2S. The lowest BCUT2D eigenvalue weighted by atomic mass is 10.1. The number of carbonyl (C=O) groups is 1. The van der Waals surface area contributed by atoms with E-state index in [-0.39, 0.29) is 18.3 Å². The van der Waals surface area contributed by atoms with Crippen LogP contribution >= 0.6 is 22.9 Å². The lowest BCUT2D eigenvalue weighted by Gasteiger charge is -2.07. The van der Waals surface area contributed by atoms with Crippen LogP contribution < -0.4 is 5.32 Å². The molecule has 124 valence electrons. The molecule has 1 aromatic heterocycles. The number of nitrogens with one attached hydrogen (secondary N) is 1. The zero-order valence-electron chi connectivity index (χ0n) is 12.9. The Kier molecular flexibility index (Phi) is 5.14. The normalized spacial score (nSPS) is 11.0. The average Bonchev–Trinajstić information content (AvgIpc) is 2.94. The number of rotatable bonds is 5. The van der Waals surface area contributed by atoms with E-state index in [1.165, 1.54) is 24.5 Å². The molecule has 2 aromatic carbocycles. The van der Waals surface area contributed by atoms with Crippen LogP contribution in [0.25, 0.3) is 10.1 Å². The minimum atomic E-state index is -0.346. The second-order valence-corrected chi connectivity index (χ2v) is 6.69. The van der Waals surface area contributed by atoms with E-state index in [4.69, 9.17) is 16.3 Å². The van der Waals surface area contributed by atoms with Gasteiger partial charge >= 0.3 is 0 Å². The third-order valence-electron chi connectivity index (χ3n) is 3.66. The van der Waals surface area contributed by atoms with Gasteiger partial charge in [0.2, 0.25) is 0 Å². The lowest BCUT2D eigenvalue weighted by Crippen LogP contribution is -2.23. The summed E-state index contributed by atoms with van der Waals surface area (Å²) in [7, 11) is 1.52. The Labute approximate surface area is 148 Å². The van der Waals surface area contributed by atoms with Gasteiger partial charge in [0.05, 0.1) is 11.5 Å². The number of benzene rings is 2. The second-order valence-electron chi connectivity index (χ2n) is 5.23. The highest BCUT2D eigenvalue weighted by molar-refractivity contribution is 7.21. The molecule has 0 aliphatic rings. The first-order chi connectivity index (χ1) is 11.6. The average molecular weight is 364 g/mol. The molecule has 0 saturated heterocycles. The highest BCUT2D eigenvalue weighted by Gasteiger charge is 2.20. The van der Waals surface area contributed by atoms with Crippen LogP contribution in [-0.2, 0) is 17.9 Å². The number of thiophene rings is 1. The summed E-state index contributed by atoms with van der Waals surface area (Å²) in [6.07, 6.45) is 0. The van der Waals surface area contributed by atoms with Gasteiger partial charge < -0.3 is 10.1 Å². The number of amides is 1. The van der Waals surface area contributed by atoms with E-state index >= 15 is 0 Å². The maximum absolute atomic E-state index is 14.2. The van der Waals surface area contributed by atoms with E-state index < -0.39 is 0 Å². The highest BCUT2D eigenvalue weighted by atomic mass is 35.5. The van der Waals surface area contributed by atoms with Crippen LogP contribution in [0.2, 0.25) is 5.02 Å². The first-order valence-electron chi connectivity index (χ1n) is 7.32. The topological polar surface area (TPSA) is 38.3 Å². The van der Waals surface area contributed by atoms with Crippen molar-refractivity contribution >= 4 is 38.9 Å². The summed E-state index contributed by atoms with van der Waals surface area (Å²) in [5, 5.41) is 3.89.